The highest BCUT2D eigenvalue weighted by Gasteiger charge is 2.06. The van der Waals surface area contributed by atoms with E-state index in [0.717, 1.165) is 34.6 Å². The van der Waals surface area contributed by atoms with Crippen molar-refractivity contribution in [1.82, 2.24) is 5.32 Å². The molecule has 1 aromatic heterocycles. The van der Waals surface area contributed by atoms with Crippen molar-refractivity contribution in [3.63, 3.8) is 0 Å². The number of halogens is 1. The van der Waals surface area contributed by atoms with E-state index in [1.54, 1.807) is 6.26 Å². The molecule has 19 heavy (non-hydrogen) atoms. The van der Waals surface area contributed by atoms with E-state index >= 15 is 0 Å². The lowest BCUT2D eigenvalue weighted by Crippen LogP contribution is -2.28. The molecule has 0 aliphatic rings. The summed E-state index contributed by atoms with van der Waals surface area (Å²) in [5.74, 6) is 1.86. The topological polar surface area (TPSA) is 34.4 Å². The van der Waals surface area contributed by atoms with E-state index in [1.807, 2.05) is 31.2 Å². The number of furan rings is 1. The smallest absolute Gasteiger partial charge is 0.122 e. The summed E-state index contributed by atoms with van der Waals surface area (Å²) in [4.78, 5) is 0. The van der Waals surface area contributed by atoms with Crippen LogP contribution in [0.4, 0.5) is 0 Å². The minimum Gasteiger partial charge on any atom is -0.489 e. The average molecular weight is 324 g/mol. The van der Waals surface area contributed by atoms with Crippen LogP contribution in [0.3, 0.4) is 0 Å². The van der Waals surface area contributed by atoms with Crippen LogP contribution >= 0.6 is 15.9 Å². The maximum atomic E-state index is 5.91. The normalized spacial score (nSPS) is 12.4. The third-order valence-electron chi connectivity index (χ3n) is 2.78. The van der Waals surface area contributed by atoms with Crippen molar-refractivity contribution in [3.8, 4) is 5.75 Å². The number of hydrogen-bond donors (Lipinski definition) is 1. The number of ether oxygens (including phenoxy) is 1. The fraction of sp³-hybridized carbons (Fsp3) is 0.333. The van der Waals surface area contributed by atoms with Gasteiger partial charge in [-0.05, 0) is 49.7 Å². The standard InChI is InChI=1S/C15H18BrNO2/c1-11-8-13(16)5-6-15(11)19-12(2)9-17-10-14-4-3-7-18-14/h3-8,12,17H,9-10H2,1-2H3. The van der Waals surface area contributed by atoms with Gasteiger partial charge in [0.05, 0.1) is 12.8 Å². The molecule has 0 spiro atoms. The number of aryl methyl sites for hydroxylation is 1. The third-order valence-corrected chi connectivity index (χ3v) is 3.27. The van der Waals surface area contributed by atoms with Gasteiger partial charge < -0.3 is 14.5 Å². The molecule has 2 aromatic rings. The predicted molar refractivity (Wildman–Crippen MR) is 79.4 cm³/mol. The lowest BCUT2D eigenvalue weighted by Gasteiger charge is -2.17. The maximum absolute atomic E-state index is 5.91. The molecule has 0 aliphatic carbocycles. The summed E-state index contributed by atoms with van der Waals surface area (Å²) < 4.78 is 12.2. The molecule has 0 amide bonds. The van der Waals surface area contributed by atoms with Crippen LogP contribution in [0.5, 0.6) is 5.75 Å². The van der Waals surface area contributed by atoms with Crippen LogP contribution in [-0.4, -0.2) is 12.6 Å². The molecule has 2 rings (SSSR count). The largest absolute Gasteiger partial charge is 0.489 e. The molecule has 0 fully saturated rings. The van der Waals surface area contributed by atoms with Gasteiger partial charge in [-0.2, -0.15) is 0 Å². The molecule has 0 saturated heterocycles. The van der Waals surface area contributed by atoms with Crippen LogP contribution in [-0.2, 0) is 6.54 Å². The molecule has 1 atom stereocenters. The van der Waals surface area contributed by atoms with Crippen molar-refractivity contribution in [2.45, 2.75) is 26.5 Å². The van der Waals surface area contributed by atoms with Crippen molar-refractivity contribution < 1.29 is 9.15 Å². The molecule has 1 unspecified atom stereocenters. The van der Waals surface area contributed by atoms with Crippen LogP contribution in [0.2, 0.25) is 0 Å². The molecule has 102 valence electrons. The lowest BCUT2D eigenvalue weighted by atomic mass is 10.2. The zero-order chi connectivity index (χ0) is 13.7. The van der Waals surface area contributed by atoms with E-state index in [9.17, 15) is 0 Å². The van der Waals surface area contributed by atoms with Gasteiger partial charge >= 0.3 is 0 Å². The second-order valence-corrected chi connectivity index (χ2v) is 5.46. The number of hydrogen-bond acceptors (Lipinski definition) is 3. The van der Waals surface area contributed by atoms with Crippen LogP contribution < -0.4 is 10.1 Å². The first kappa shape index (κ1) is 14.2. The first-order valence-electron chi connectivity index (χ1n) is 6.31. The SMILES string of the molecule is Cc1cc(Br)ccc1OC(C)CNCc1ccco1. The highest BCUT2D eigenvalue weighted by molar-refractivity contribution is 9.10. The second-order valence-electron chi connectivity index (χ2n) is 4.55. The van der Waals surface area contributed by atoms with Crippen molar-refractivity contribution in [1.29, 1.82) is 0 Å². The summed E-state index contributed by atoms with van der Waals surface area (Å²) in [6.07, 6.45) is 1.79. The van der Waals surface area contributed by atoms with E-state index in [1.165, 1.54) is 0 Å². The Kier molecular flexibility index (Phi) is 5.05. The molecule has 1 N–H and O–H groups in total. The van der Waals surface area contributed by atoms with Crippen LogP contribution in [0.15, 0.2) is 45.5 Å². The number of rotatable bonds is 6. The molecular formula is C15H18BrNO2. The van der Waals surface area contributed by atoms with Crippen LogP contribution in [0.25, 0.3) is 0 Å². The lowest BCUT2D eigenvalue weighted by molar-refractivity contribution is 0.214. The Bertz CT molecular complexity index is 511. The minimum absolute atomic E-state index is 0.106. The highest BCUT2D eigenvalue weighted by atomic mass is 79.9. The van der Waals surface area contributed by atoms with Crippen molar-refractivity contribution in [3.05, 3.63) is 52.4 Å². The van der Waals surface area contributed by atoms with E-state index in [-0.39, 0.29) is 6.10 Å². The van der Waals surface area contributed by atoms with Gasteiger partial charge in [0, 0.05) is 11.0 Å². The summed E-state index contributed by atoms with van der Waals surface area (Å²) in [5.41, 5.74) is 1.13. The monoisotopic (exact) mass is 323 g/mol. The Hall–Kier alpha value is -1.26. The zero-order valence-corrected chi connectivity index (χ0v) is 12.7. The van der Waals surface area contributed by atoms with Gasteiger partial charge in [0.25, 0.3) is 0 Å². The predicted octanol–water partition coefficient (Wildman–Crippen LogP) is 3.91. The van der Waals surface area contributed by atoms with E-state index < -0.39 is 0 Å². The Morgan fingerprint density at radius 3 is 2.89 bits per heavy atom. The molecule has 0 radical (unpaired) electrons. The van der Waals surface area contributed by atoms with Gasteiger partial charge in [-0.1, -0.05) is 15.9 Å². The zero-order valence-electron chi connectivity index (χ0n) is 11.2. The summed E-state index contributed by atoms with van der Waals surface area (Å²) in [6.45, 7) is 5.59. The fourth-order valence-corrected chi connectivity index (χ4v) is 2.29. The van der Waals surface area contributed by atoms with Crippen molar-refractivity contribution >= 4 is 15.9 Å². The molecule has 4 heteroatoms. The van der Waals surface area contributed by atoms with E-state index in [2.05, 4.69) is 34.2 Å². The Balaban J connectivity index is 1.79. The first-order chi connectivity index (χ1) is 9.15. The molecule has 0 bridgehead atoms. The molecule has 1 aromatic carbocycles. The van der Waals surface area contributed by atoms with Crippen molar-refractivity contribution in [2.24, 2.45) is 0 Å². The summed E-state index contributed by atoms with van der Waals surface area (Å²) in [6, 6.07) is 9.88. The number of benzene rings is 1. The van der Waals surface area contributed by atoms with Gasteiger partial charge in [0.1, 0.15) is 17.6 Å². The molecule has 1 heterocycles. The highest BCUT2D eigenvalue weighted by Crippen LogP contribution is 2.22. The van der Waals surface area contributed by atoms with E-state index in [0.29, 0.717) is 0 Å². The maximum Gasteiger partial charge on any atom is 0.122 e. The molecule has 0 aliphatic heterocycles. The summed E-state index contributed by atoms with van der Waals surface area (Å²) >= 11 is 3.45. The molecule has 3 nitrogen and oxygen atoms in total. The first-order valence-corrected chi connectivity index (χ1v) is 7.10. The second kappa shape index (κ2) is 6.78. The minimum atomic E-state index is 0.106. The van der Waals surface area contributed by atoms with Crippen LogP contribution in [0.1, 0.15) is 18.2 Å². The quantitative estimate of drug-likeness (QED) is 0.875. The van der Waals surface area contributed by atoms with E-state index in [4.69, 9.17) is 9.15 Å². The summed E-state index contributed by atoms with van der Waals surface area (Å²) in [5, 5.41) is 3.31. The van der Waals surface area contributed by atoms with Gasteiger partial charge in [-0.3, -0.25) is 0 Å². The Morgan fingerprint density at radius 1 is 1.37 bits per heavy atom. The fourth-order valence-electron chi connectivity index (χ4n) is 1.82. The average Bonchev–Trinajstić information content (AvgIpc) is 2.86. The van der Waals surface area contributed by atoms with Gasteiger partial charge in [-0.15, -0.1) is 0 Å². The van der Waals surface area contributed by atoms with Crippen molar-refractivity contribution in [2.75, 3.05) is 6.54 Å². The molecular weight excluding hydrogens is 306 g/mol. The van der Waals surface area contributed by atoms with Gasteiger partial charge in [0.15, 0.2) is 0 Å². The van der Waals surface area contributed by atoms with Crippen LogP contribution in [0, 0.1) is 6.92 Å². The summed E-state index contributed by atoms with van der Waals surface area (Å²) in [7, 11) is 0. The number of nitrogens with one attached hydrogen (secondary N) is 1. The Morgan fingerprint density at radius 2 is 2.21 bits per heavy atom. The van der Waals surface area contributed by atoms with Gasteiger partial charge in [0.2, 0.25) is 0 Å². The third kappa shape index (κ3) is 4.40. The molecule has 0 saturated carbocycles. The van der Waals surface area contributed by atoms with Gasteiger partial charge in [-0.25, -0.2) is 0 Å². The Labute approximate surface area is 122 Å².